The average Bonchev–Trinajstić information content (AvgIpc) is 2.49. The van der Waals surface area contributed by atoms with Crippen molar-refractivity contribution in [2.45, 2.75) is 13.5 Å². The summed E-state index contributed by atoms with van der Waals surface area (Å²) in [6, 6.07) is 17.8. The van der Waals surface area contributed by atoms with Crippen LogP contribution in [-0.2, 0) is 6.54 Å². The zero-order valence-electron chi connectivity index (χ0n) is 12.4. The summed E-state index contributed by atoms with van der Waals surface area (Å²) >= 11 is 3.44. The van der Waals surface area contributed by atoms with Gasteiger partial charge >= 0.3 is 0 Å². The number of nitrogens with zero attached hydrogens (tertiary/aromatic N) is 1. The van der Waals surface area contributed by atoms with Gasteiger partial charge in [-0.15, -0.1) is 0 Å². The van der Waals surface area contributed by atoms with Crippen molar-refractivity contribution < 1.29 is 4.79 Å². The van der Waals surface area contributed by atoms with Gasteiger partial charge in [0.2, 0.25) is 0 Å². The van der Waals surface area contributed by atoms with Gasteiger partial charge in [-0.05, 0) is 24.7 Å². The van der Waals surface area contributed by atoms with Crippen molar-refractivity contribution in [3.8, 4) is 0 Å². The minimum absolute atomic E-state index is 0.00662. The largest absolute Gasteiger partial charge is 0.301 e. The average molecular weight is 346 g/mol. The molecule has 2 aromatic rings. The van der Waals surface area contributed by atoms with E-state index < -0.39 is 0 Å². The molecule has 3 heteroatoms. The molecule has 0 aliphatic carbocycles. The van der Waals surface area contributed by atoms with Crippen LogP contribution in [0.15, 0.2) is 59.1 Å². The molecule has 0 spiro atoms. The van der Waals surface area contributed by atoms with Crippen LogP contribution in [0.25, 0.3) is 0 Å². The number of ketones is 1. The molecular formula is C18H20BrNO. The highest BCUT2D eigenvalue weighted by Crippen LogP contribution is 2.14. The van der Waals surface area contributed by atoms with Gasteiger partial charge in [0.05, 0.1) is 0 Å². The van der Waals surface area contributed by atoms with Crippen molar-refractivity contribution in [1.29, 1.82) is 0 Å². The quantitative estimate of drug-likeness (QED) is 0.723. The number of carbonyl (C=O) groups excluding carboxylic acids is 1. The molecule has 0 N–H and O–H groups in total. The summed E-state index contributed by atoms with van der Waals surface area (Å²) in [4.78, 5) is 14.5. The van der Waals surface area contributed by atoms with Gasteiger partial charge in [-0.25, -0.2) is 0 Å². The van der Waals surface area contributed by atoms with E-state index in [1.54, 1.807) is 0 Å². The Morgan fingerprint density at radius 2 is 1.71 bits per heavy atom. The smallest absolute Gasteiger partial charge is 0.166 e. The number of benzene rings is 2. The molecule has 0 aliphatic heterocycles. The van der Waals surface area contributed by atoms with Gasteiger partial charge in [0.15, 0.2) is 5.78 Å². The minimum Gasteiger partial charge on any atom is -0.301 e. The number of halogens is 1. The molecular weight excluding hydrogens is 326 g/mol. The van der Waals surface area contributed by atoms with Gasteiger partial charge in [-0.2, -0.15) is 0 Å². The molecule has 2 nitrogen and oxygen atoms in total. The number of carbonyl (C=O) groups is 1. The second kappa shape index (κ2) is 7.53. The molecule has 0 saturated heterocycles. The van der Waals surface area contributed by atoms with E-state index in [0.29, 0.717) is 0 Å². The summed E-state index contributed by atoms with van der Waals surface area (Å²) in [7, 11) is 2.05. The molecule has 21 heavy (non-hydrogen) atoms. The fourth-order valence-corrected chi connectivity index (χ4v) is 2.67. The first-order valence-corrected chi connectivity index (χ1v) is 7.88. The van der Waals surface area contributed by atoms with Gasteiger partial charge in [-0.3, -0.25) is 4.79 Å². The lowest BCUT2D eigenvalue weighted by atomic mass is 9.99. The lowest BCUT2D eigenvalue weighted by molar-refractivity contribution is 0.0901. The third-order valence-corrected chi connectivity index (χ3v) is 3.99. The predicted molar refractivity (Wildman–Crippen MR) is 90.4 cm³/mol. The van der Waals surface area contributed by atoms with Crippen molar-refractivity contribution in [3.05, 3.63) is 70.2 Å². The van der Waals surface area contributed by atoms with Gasteiger partial charge in [0, 0.05) is 29.0 Å². The lowest BCUT2D eigenvalue weighted by Gasteiger charge is -2.20. The Balaban J connectivity index is 1.91. The number of Topliss-reactive ketones (excluding diaryl/α,β-unsaturated/α-hetero) is 1. The van der Waals surface area contributed by atoms with E-state index >= 15 is 0 Å². The van der Waals surface area contributed by atoms with E-state index in [-0.39, 0.29) is 11.7 Å². The van der Waals surface area contributed by atoms with Crippen LogP contribution in [0, 0.1) is 5.92 Å². The molecule has 0 aliphatic rings. The second-order valence-corrected chi connectivity index (χ2v) is 6.37. The van der Waals surface area contributed by atoms with Gasteiger partial charge in [0.25, 0.3) is 0 Å². The maximum atomic E-state index is 12.3. The standard InChI is InChI=1S/C18H20BrNO/c1-14(18(21)16-6-4-3-5-7-16)12-20(2)13-15-8-10-17(19)11-9-15/h3-11,14H,12-13H2,1-2H3. The first kappa shape index (κ1) is 15.9. The van der Waals surface area contributed by atoms with Crippen LogP contribution in [0.1, 0.15) is 22.8 Å². The topological polar surface area (TPSA) is 20.3 Å². The molecule has 0 fully saturated rings. The highest BCUT2D eigenvalue weighted by atomic mass is 79.9. The Labute approximate surface area is 134 Å². The SMILES string of the molecule is CC(CN(C)Cc1ccc(Br)cc1)C(=O)c1ccccc1. The first-order valence-electron chi connectivity index (χ1n) is 7.08. The van der Waals surface area contributed by atoms with Crippen molar-refractivity contribution in [1.82, 2.24) is 4.90 Å². The van der Waals surface area contributed by atoms with E-state index in [1.807, 2.05) is 49.4 Å². The summed E-state index contributed by atoms with van der Waals surface area (Å²) in [6.07, 6.45) is 0. The molecule has 1 atom stereocenters. The van der Waals surface area contributed by atoms with Gasteiger partial charge in [0.1, 0.15) is 0 Å². The maximum absolute atomic E-state index is 12.3. The summed E-state index contributed by atoms with van der Waals surface area (Å²) in [5.74, 6) is 0.200. The van der Waals surface area contributed by atoms with Gasteiger partial charge < -0.3 is 4.90 Å². The highest BCUT2D eigenvalue weighted by molar-refractivity contribution is 9.10. The molecule has 1 unspecified atom stereocenters. The van der Waals surface area contributed by atoms with E-state index in [9.17, 15) is 4.79 Å². The van der Waals surface area contributed by atoms with E-state index in [0.717, 1.165) is 23.1 Å². The van der Waals surface area contributed by atoms with Crippen LogP contribution in [0.3, 0.4) is 0 Å². The minimum atomic E-state index is -0.00662. The molecule has 0 bridgehead atoms. The van der Waals surface area contributed by atoms with E-state index in [2.05, 4.69) is 40.0 Å². The molecule has 0 amide bonds. The Bertz CT molecular complexity index is 580. The van der Waals surface area contributed by atoms with Crippen LogP contribution in [0.2, 0.25) is 0 Å². The monoisotopic (exact) mass is 345 g/mol. The third kappa shape index (κ3) is 4.80. The molecule has 2 rings (SSSR count). The summed E-state index contributed by atoms with van der Waals surface area (Å²) in [5.41, 5.74) is 2.04. The summed E-state index contributed by atoms with van der Waals surface area (Å²) in [6.45, 7) is 3.59. The number of hydrogen-bond donors (Lipinski definition) is 0. The van der Waals surface area contributed by atoms with Crippen molar-refractivity contribution >= 4 is 21.7 Å². The third-order valence-electron chi connectivity index (χ3n) is 3.46. The molecule has 0 heterocycles. The van der Waals surface area contributed by atoms with Crippen molar-refractivity contribution in [3.63, 3.8) is 0 Å². The Morgan fingerprint density at radius 1 is 1.10 bits per heavy atom. The zero-order chi connectivity index (χ0) is 15.2. The lowest BCUT2D eigenvalue weighted by Crippen LogP contribution is -2.28. The Morgan fingerprint density at radius 3 is 2.33 bits per heavy atom. The van der Waals surface area contributed by atoms with E-state index in [4.69, 9.17) is 0 Å². The maximum Gasteiger partial charge on any atom is 0.166 e. The fourth-order valence-electron chi connectivity index (χ4n) is 2.40. The van der Waals surface area contributed by atoms with Crippen LogP contribution in [0.4, 0.5) is 0 Å². The molecule has 110 valence electrons. The van der Waals surface area contributed by atoms with Crippen LogP contribution in [0.5, 0.6) is 0 Å². The second-order valence-electron chi connectivity index (χ2n) is 5.45. The number of hydrogen-bond acceptors (Lipinski definition) is 2. The van der Waals surface area contributed by atoms with Crippen molar-refractivity contribution in [2.75, 3.05) is 13.6 Å². The first-order chi connectivity index (χ1) is 10.1. The summed E-state index contributed by atoms with van der Waals surface area (Å²) in [5, 5.41) is 0. The molecule has 2 aromatic carbocycles. The predicted octanol–water partition coefficient (Wildman–Crippen LogP) is 4.40. The Hall–Kier alpha value is -1.45. The zero-order valence-corrected chi connectivity index (χ0v) is 14.0. The van der Waals surface area contributed by atoms with Crippen LogP contribution in [-0.4, -0.2) is 24.3 Å². The molecule has 0 aromatic heterocycles. The Kier molecular flexibility index (Phi) is 5.71. The van der Waals surface area contributed by atoms with Crippen LogP contribution < -0.4 is 0 Å². The number of rotatable bonds is 6. The fraction of sp³-hybridized carbons (Fsp3) is 0.278. The normalized spacial score (nSPS) is 12.4. The highest BCUT2D eigenvalue weighted by Gasteiger charge is 2.16. The summed E-state index contributed by atoms with van der Waals surface area (Å²) < 4.78 is 1.08. The van der Waals surface area contributed by atoms with Gasteiger partial charge in [-0.1, -0.05) is 65.3 Å². The molecule has 0 radical (unpaired) electrons. The van der Waals surface area contributed by atoms with Crippen LogP contribution >= 0.6 is 15.9 Å². The van der Waals surface area contributed by atoms with Crippen molar-refractivity contribution in [2.24, 2.45) is 5.92 Å². The van der Waals surface area contributed by atoms with E-state index in [1.165, 1.54) is 5.56 Å². The molecule has 0 saturated carbocycles.